The van der Waals surface area contributed by atoms with Crippen molar-refractivity contribution in [2.75, 3.05) is 0 Å². The lowest BCUT2D eigenvalue weighted by molar-refractivity contribution is 0.488. The highest BCUT2D eigenvalue weighted by Gasteiger charge is 2.25. The maximum Gasteiger partial charge on any atom is 0.0453 e. The van der Waals surface area contributed by atoms with Gasteiger partial charge in [-0.1, -0.05) is 53.0 Å². The molecule has 2 aromatic carbocycles. The lowest BCUT2D eigenvalue weighted by Gasteiger charge is -2.28. The molecule has 1 nitrogen and oxygen atoms in total. The van der Waals surface area contributed by atoms with Crippen molar-refractivity contribution in [3.8, 4) is 0 Å². The maximum atomic E-state index is 6.56. The van der Waals surface area contributed by atoms with E-state index in [-0.39, 0.29) is 0 Å². The third kappa shape index (κ3) is 3.17. The van der Waals surface area contributed by atoms with Crippen molar-refractivity contribution in [2.24, 2.45) is 5.73 Å². The molecule has 0 fully saturated rings. The number of nitrogens with two attached hydrogens (primary N) is 1. The molecule has 0 heterocycles. The lowest BCUT2D eigenvalue weighted by Crippen LogP contribution is -2.36. The normalized spacial score (nSPS) is 14.1. The molecule has 1 unspecified atom stereocenters. The quantitative estimate of drug-likeness (QED) is 0.846. The summed E-state index contributed by atoms with van der Waals surface area (Å²) in [5, 5.41) is 1.33. The molecular formula is C17H19Cl2N. The first kappa shape index (κ1) is 15.4. The molecule has 3 heteroatoms. The molecule has 0 saturated heterocycles. The fourth-order valence-corrected chi connectivity index (χ4v) is 3.05. The molecule has 2 aromatic rings. The van der Waals surface area contributed by atoms with E-state index in [2.05, 4.69) is 32.0 Å². The van der Waals surface area contributed by atoms with Crippen molar-refractivity contribution in [3.63, 3.8) is 0 Å². The van der Waals surface area contributed by atoms with Crippen LogP contribution in [-0.2, 0) is 12.0 Å². The Morgan fingerprint density at radius 3 is 2.25 bits per heavy atom. The number of halogens is 2. The summed E-state index contributed by atoms with van der Waals surface area (Å²) in [5.74, 6) is 0. The van der Waals surface area contributed by atoms with E-state index >= 15 is 0 Å². The van der Waals surface area contributed by atoms with Crippen LogP contribution in [0.25, 0.3) is 0 Å². The van der Waals surface area contributed by atoms with Crippen molar-refractivity contribution in [2.45, 2.75) is 32.7 Å². The monoisotopic (exact) mass is 307 g/mol. The van der Waals surface area contributed by atoms with E-state index in [4.69, 9.17) is 28.9 Å². The molecule has 0 spiro atoms. The molecule has 1 atom stereocenters. The second-order valence-electron chi connectivity index (χ2n) is 5.61. The molecule has 106 valence electrons. The van der Waals surface area contributed by atoms with Gasteiger partial charge in [0.2, 0.25) is 0 Å². The van der Waals surface area contributed by atoms with Crippen LogP contribution in [0.1, 0.15) is 29.2 Å². The van der Waals surface area contributed by atoms with Gasteiger partial charge in [-0.2, -0.15) is 0 Å². The molecule has 0 bridgehead atoms. The summed E-state index contributed by atoms with van der Waals surface area (Å²) in [6.45, 7) is 6.17. The Labute approximate surface area is 130 Å². The Morgan fingerprint density at radius 2 is 1.65 bits per heavy atom. The number of aryl methyl sites for hydroxylation is 2. The molecule has 0 radical (unpaired) electrons. The van der Waals surface area contributed by atoms with Gasteiger partial charge in [0.05, 0.1) is 0 Å². The second-order valence-corrected chi connectivity index (χ2v) is 6.43. The van der Waals surface area contributed by atoms with Gasteiger partial charge in [-0.25, -0.2) is 0 Å². The summed E-state index contributed by atoms with van der Waals surface area (Å²) < 4.78 is 0. The number of hydrogen-bond acceptors (Lipinski definition) is 1. The van der Waals surface area contributed by atoms with Crippen LogP contribution in [0.3, 0.4) is 0 Å². The molecule has 2 N–H and O–H groups in total. The largest absolute Gasteiger partial charge is 0.321 e. The fourth-order valence-electron chi connectivity index (χ4n) is 2.51. The van der Waals surface area contributed by atoms with Crippen LogP contribution in [0, 0.1) is 13.8 Å². The smallest absolute Gasteiger partial charge is 0.0453 e. The van der Waals surface area contributed by atoms with Crippen LogP contribution in [0.5, 0.6) is 0 Å². The molecule has 0 saturated carbocycles. The highest BCUT2D eigenvalue weighted by atomic mass is 35.5. The summed E-state index contributed by atoms with van der Waals surface area (Å²) in [5.41, 5.74) is 10.5. The van der Waals surface area contributed by atoms with Gasteiger partial charge in [-0.15, -0.1) is 0 Å². The van der Waals surface area contributed by atoms with E-state index < -0.39 is 5.54 Å². The highest BCUT2D eigenvalue weighted by Crippen LogP contribution is 2.32. The number of hydrogen-bond donors (Lipinski definition) is 1. The first-order chi connectivity index (χ1) is 9.31. The van der Waals surface area contributed by atoms with Gasteiger partial charge in [-0.3, -0.25) is 0 Å². The third-order valence-electron chi connectivity index (χ3n) is 3.61. The van der Waals surface area contributed by atoms with E-state index in [0.717, 1.165) is 11.1 Å². The Bertz CT molecular complexity index is 613. The molecule has 0 aliphatic heterocycles. The van der Waals surface area contributed by atoms with Crippen LogP contribution in [0.2, 0.25) is 10.0 Å². The molecule has 20 heavy (non-hydrogen) atoms. The van der Waals surface area contributed by atoms with E-state index in [1.807, 2.05) is 25.1 Å². The van der Waals surface area contributed by atoms with Crippen molar-refractivity contribution in [3.05, 3.63) is 68.7 Å². The van der Waals surface area contributed by atoms with Gasteiger partial charge in [0.1, 0.15) is 0 Å². The van der Waals surface area contributed by atoms with Crippen molar-refractivity contribution >= 4 is 23.2 Å². The third-order valence-corrected chi connectivity index (χ3v) is 4.32. The van der Waals surface area contributed by atoms with Crippen molar-refractivity contribution < 1.29 is 0 Å². The predicted molar refractivity (Wildman–Crippen MR) is 87.6 cm³/mol. The Morgan fingerprint density at radius 1 is 1.05 bits per heavy atom. The number of benzene rings is 2. The minimum Gasteiger partial charge on any atom is -0.321 e. The lowest BCUT2D eigenvalue weighted by atomic mass is 9.83. The first-order valence-electron chi connectivity index (χ1n) is 6.61. The summed E-state index contributed by atoms with van der Waals surface area (Å²) in [6.07, 6.45) is 0.607. The fraction of sp³-hybridized carbons (Fsp3) is 0.294. The van der Waals surface area contributed by atoms with Crippen molar-refractivity contribution in [1.29, 1.82) is 0 Å². The van der Waals surface area contributed by atoms with Gasteiger partial charge in [0.25, 0.3) is 0 Å². The van der Waals surface area contributed by atoms with E-state index in [0.29, 0.717) is 16.5 Å². The first-order valence-corrected chi connectivity index (χ1v) is 7.36. The highest BCUT2D eigenvalue weighted by molar-refractivity contribution is 6.36. The van der Waals surface area contributed by atoms with Crippen LogP contribution >= 0.6 is 23.2 Å². The topological polar surface area (TPSA) is 26.0 Å². The summed E-state index contributed by atoms with van der Waals surface area (Å²) in [4.78, 5) is 0. The van der Waals surface area contributed by atoms with E-state index in [1.165, 1.54) is 11.1 Å². The van der Waals surface area contributed by atoms with Gasteiger partial charge < -0.3 is 5.73 Å². The SMILES string of the molecule is Cc1ccc(C)c(C(C)(N)Cc2c(Cl)cccc2Cl)c1. The van der Waals surface area contributed by atoms with Gasteiger partial charge >= 0.3 is 0 Å². The minimum atomic E-state index is -0.509. The van der Waals surface area contributed by atoms with Crippen LogP contribution < -0.4 is 5.73 Å². The molecule has 0 aromatic heterocycles. The summed E-state index contributed by atoms with van der Waals surface area (Å²) in [7, 11) is 0. The number of rotatable bonds is 3. The molecule has 0 aliphatic carbocycles. The standard InChI is InChI=1S/C17H19Cl2N/c1-11-7-8-12(2)14(9-11)17(3,20)10-13-15(18)5-4-6-16(13)19/h4-9H,10,20H2,1-3H3. The Kier molecular flexibility index (Phi) is 4.43. The summed E-state index contributed by atoms with van der Waals surface area (Å²) >= 11 is 12.5. The second kappa shape index (κ2) is 5.77. The van der Waals surface area contributed by atoms with Crippen LogP contribution in [0.4, 0.5) is 0 Å². The van der Waals surface area contributed by atoms with Crippen LogP contribution in [-0.4, -0.2) is 0 Å². The Hall–Kier alpha value is -1.02. The van der Waals surface area contributed by atoms with Gasteiger partial charge in [0, 0.05) is 15.6 Å². The molecule has 0 aliphatic rings. The molecular weight excluding hydrogens is 289 g/mol. The summed E-state index contributed by atoms with van der Waals surface area (Å²) in [6, 6.07) is 11.9. The van der Waals surface area contributed by atoms with Gasteiger partial charge in [0.15, 0.2) is 0 Å². The maximum absolute atomic E-state index is 6.56. The average Bonchev–Trinajstić information content (AvgIpc) is 2.37. The minimum absolute atomic E-state index is 0.509. The predicted octanol–water partition coefficient (Wildman–Crippen LogP) is 5.03. The van der Waals surface area contributed by atoms with E-state index in [9.17, 15) is 0 Å². The van der Waals surface area contributed by atoms with Gasteiger partial charge in [-0.05, 0) is 56.0 Å². The molecule has 0 amide bonds. The molecule has 2 rings (SSSR count). The van der Waals surface area contributed by atoms with Crippen molar-refractivity contribution in [1.82, 2.24) is 0 Å². The zero-order valence-electron chi connectivity index (χ0n) is 12.0. The van der Waals surface area contributed by atoms with Crippen LogP contribution in [0.15, 0.2) is 36.4 Å². The average molecular weight is 308 g/mol. The van der Waals surface area contributed by atoms with E-state index in [1.54, 1.807) is 0 Å². The zero-order valence-corrected chi connectivity index (χ0v) is 13.5. The zero-order chi connectivity index (χ0) is 14.9. The Balaban J connectivity index is 2.43.